The zero-order valence-electron chi connectivity index (χ0n) is 14.5. The lowest BCUT2D eigenvalue weighted by atomic mass is 10.0. The van der Waals surface area contributed by atoms with Crippen molar-refractivity contribution in [2.24, 2.45) is 0 Å². The first-order valence-electron chi connectivity index (χ1n) is 8.48. The number of aromatic nitrogens is 1. The molecule has 4 rings (SSSR count). The van der Waals surface area contributed by atoms with Gasteiger partial charge < -0.3 is 0 Å². The second kappa shape index (κ2) is 8.15. The number of carbonyl (C=O) groups is 1. The summed E-state index contributed by atoms with van der Waals surface area (Å²) in [5.74, 6) is -0.259. The highest BCUT2D eigenvalue weighted by atomic mass is 35.5. The lowest BCUT2D eigenvalue weighted by Gasteiger charge is -2.03. The number of anilines is 1. The number of fused-ring (bicyclic) bond motifs is 1. The third kappa shape index (κ3) is 4.09. The van der Waals surface area contributed by atoms with Gasteiger partial charge in [0.2, 0.25) is 5.91 Å². The highest BCUT2D eigenvalue weighted by Crippen LogP contribution is 2.31. The number of benzene rings is 3. The molecule has 0 aliphatic rings. The molecule has 0 unspecified atom stereocenters. The van der Waals surface area contributed by atoms with Gasteiger partial charge in [0.1, 0.15) is 0 Å². The molecule has 28 heavy (non-hydrogen) atoms. The minimum atomic E-state index is -0.259. The number of hydrogen-bond donors (Lipinski definition) is 1. The van der Waals surface area contributed by atoms with Crippen molar-refractivity contribution in [1.29, 1.82) is 0 Å². The SMILES string of the molecule is O=C(/C=C/c1ccc(Cl)c(Cl)c1)Nc1nc(-c2cccc3ccccc23)cs1. The molecule has 0 spiro atoms. The van der Waals surface area contributed by atoms with Gasteiger partial charge in [-0.25, -0.2) is 4.98 Å². The molecular weight excluding hydrogens is 411 g/mol. The molecule has 1 heterocycles. The van der Waals surface area contributed by atoms with Gasteiger partial charge in [-0.05, 0) is 34.5 Å². The van der Waals surface area contributed by atoms with Crippen LogP contribution in [0, 0.1) is 0 Å². The Bertz CT molecular complexity index is 1190. The lowest BCUT2D eigenvalue weighted by Crippen LogP contribution is -2.07. The average Bonchev–Trinajstić information content (AvgIpc) is 3.16. The van der Waals surface area contributed by atoms with Gasteiger partial charge in [-0.15, -0.1) is 11.3 Å². The molecule has 0 saturated carbocycles. The lowest BCUT2D eigenvalue weighted by molar-refractivity contribution is -0.111. The van der Waals surface area contributed by atoms with E-state index in [2.05, 4.69) is 28.5 Å². The number of rotatable bonds is 4. The topological polar surface area (TPSA) is 42.0 Å². The van der Waals surface area contributed by atoms with Crippen molar-refractivity contribution in [3.05, 3.63) is 87.7 Å². The third-order valence-electron chi connectivity index (χ3n) is 4.17. The van der Waals surface area contributed by atoms with E-state index in [1.54, 1.807) is 24.3 Å². The molecule has 1 aromatic heterocycles. The summed E-state index contributed by atoms with van der Waals surface area (Å²) < 4.78 is 0. The Morgan fingerprint density at radius 3 is 2.68 bits per heavy atom. The van der Waals surface area contributed by atoms with Crippen LogP contribution in [0.25, 0.3) is 28.1 Å². The Hall–Kier alpha value is -2.66. The average molecular weight is 425 g/mol. The van der Waals surface area contributed by atoms with Crippen LogP contribution < -0.4 is 5.32 Å². The smallest absolute Gasteiger partial charge is 0.250 e. The van der Waals surface area contributed by atoms with E-state index in [-0.39, 0.29) is 5.91 Å². The fourth-order valence-electron chi connectivity index (χ4n) is 2.84. The van der Waals surface area contributed by atoms with E-state index >= 15 is 0 Å². The van der Waals surface area contributed by atoms with Crippen LogP contribution >= 0.6 is 34.5 Å². The number of thiazole rings is 1. The van der Waals surface area contributed by atoms with Crippen LogP contribution in [0.3, 0.4) is 0 Å². The van der Waals surface area contributed by atoms with E-state index < -0.39 is 0 Å². The minimum Gasteiger partial charge on any atom is -0.298 e. The van der Waals surface area contributed by atoms with Crippen molar-refractivity contribution in [3.8, 4) is 11.3 Å². The van der Waals surface area contributed by atoms with Crippen molar-refractivity contribution in [2.75, 3.05) is 5.32 Å². The van der Waals surface area contributed by atoms with E-state index in [1.807, 2.05) is 29.6 Å². The summed E-state index contributed by atoms with van der Waals surface area (Å²) in [5, 5.41) is 8.51. The quantitative estimate of drug-likeness (QED) is 0.361. The van der Waals surface area contributed by atoms with Crippen LogP contribution in [-0.2, 0) is 4.79 Å². The normalized spacial score (nSPS) is 11.2. The maximum atomic E-state index is 12.2. The van der Waals surface area contributed by atoms with Crippen molar-refractivity contribution >= 4 is 62.4 Å². The van der Waals surface area contributed by atoms with Crippen LogP contribution in [0.4, 0.5) is 5.13 Å². The fourth-order valence-corrected chi connectivity index (χ4v) is 3.86. The Labute approximate surface area is 176 Å². The summed E-state index contributed by atoms with van der Waals surface area (Å²) in [5.41, 5.74) is 2.67. The molecule has 0 aliphatic carbocycles. The van der Waals surface area contributed by atoms with Crippen molar-refractivity contribution in [3.63, 3.8) is 0 Å². The summed E-state index contributed by atoms with van der Waals surface area (Å²) >= 11 is 13.3. The van der Waals surface area contributed by atoms with Gasteiger partial charge in [0.05, 0.1) is 15.7 Å². The first-order chi connectivity index (χ1) is 13.6. The van der Waals surface area contributed by atoms with Gasteiger partial charge in [-0.1, -0.05) is 71.7 Å². The number of hydrogen-bond acceptors (Lipinski definition) is 3. The van der Waals surface area contributed by atoms with Gasteiger partial charge >= 0.3 is 0 Å². The molecule has 0 bridgehead atoms. The first kappa shape index (κ1) is 18.7. The second-order valence-electron chi connectivity index (χ2n) is 6.06. The summed E-state index contributed by atoms with van der Waals surface area (Å²) in [6.45, 7) is 0. The van der Waals surface area contributed by atoms with Crippen LogP contribution in [0.2, 0.25) is 10.0 Å². The van der Waals surface area contributed by atoms with Gasteiger partial charge in [0, 0.05) is 17.0 Å². The van der Waals surface area contributed by atoms with Crippen molar-refractivity contribution < 1.29 is 4.79 Å². The molecule has 0 saturated heterocycles. The molecule has 0 atom stereocenters. The number of halogens is 2. The Morgan fingerprint density at radius 2 is 1.82 bits per heavy atom. The van der Waals surface area contributed by atoms with Gasteiger partial charge in [0.25, 0.3) is 0 Å². The van der Waals surface area contributed by atoms with E-state index in [0.29, 0.717) is 15.2 Å². The molecule has 1 N–H and O–H groups in total. The largest absolute Gasteiger partial charge is 0.298 e. The summed E-state index contributed by atoms with van der Waals surface area (Å²) in [7, 11) is 0. The molecule has 3 aromatic carbocycles. The highest BCUT2D eigenvalue weighted by molar-refractivity contribution is 7.14. The Kier molecular flexibility index (Phi) is 5.44. The number of nitrogens with one attached hydrogen (secondary N) is 1. The maximum Gasteiger partial charge on any atom is 0.250 e. The van der Waals surface area contributed by atoms with Crippen LogP contribution in [-0.4, -0.2) is 10.9 Å². The molecule has 3 nitrogen and oxygen atoms in total. The van der Waals surface area contributed by atoms with E-state index in [4.69, 9.17) is 23.2 Å². The molecule has 0 aliphatic heterocycles. The molecular formula is C22H14Cl2N2OS. The summed E-state index contributed by atoms with van der Waals surface area (Å²) in [6, 6.07) is 19.5. The Balaban J connectivity index is 1.50. The first-order valence-corrected chi connectivity index (χ1v) is 10.1. The molecule has 6 heteroatoms. The van der Waals surface area contributed by atoms with Crippen LogP contribution in [0.1, 0.15) is 5.56 Å². The standard InChI is InChI=1S/C22H14Cl2N2OS/c23-18-10-8-14(12-19(18)24)9-11-21(27)26-22-25-20(13-28-22)17-7-3-5-15-4-1-2-6-16(15)17/h1-13H,(H,25,26,27)/b11-9+. The predicted molar refractivity (Wildman–Crippen MR) is 119 cm³/mol. The zero-order chi connectivity index (χ0) is 19.5. The van der Waals surface area contributed by atoms with Crippen LogP contribution in [0.5, 0.6) is 0 Å². The molecule has 0 radical (unpaired) electrons. The van der Waals surface area contributed by atoms with Gasteiger partial charge in [-0.2, -0.15) is 0 Å². The minimum absolute atomic E-state index is 0.259. The molecule has 138 valence electrons. The molecule has 4 aromatic rings. The van der Waals surface area contributed by atoms with Crippen molar-refractivity contribution in [1.82, 2.24) is 4.98 Å². The van der Waals surface area contributed by atoms with E-state index in [1.165, 1.54) is 17.4 Å². The van der Waals surface area contributed by atoms with Crippen LogP contribution in [0.15, 0.2) is 72.1 Å². The second-order valence-corrected chi connectivity index (χ2v) is 7.73. The van der Waals surface area contributed by atoms with Gasteiger partial charge in [0.15, 0.2) is 5.13 Å². The predicted octanol–water partition coefficient (Wildman–Crippen LogP) is 6.92. The van der Waals surface area contributed by atoms with E-state index in [9.17, 15) is 4.79 Å². The zero-order valence-corrected chi connectivity index (χ0v) is 16.9. The van der Waals surface area contributed by atoms with E-state index in [0.717, 1.165) is 27.6 Å². The summed E-state index contributed by atoms with van der Waals surface area (Å²) in [4.78, 5) is 16.8. The van der Waals surface area contributed by atoms with Crippen molar-refractivity contribution in [2.45, 2.75) is 0 Å². The summed E-state index contributed by atoms with van der Waals surface area (Å²) in [6.07, 6.45) is 3.12. The van der Waals surface area contributed by atoms with Gasteiger partial charge in [-0.3, -0.25) is 10.1 Å². The fraction of sp³-hybridized carbons (Fsp3) is 0. The molecule has 0 fully saturated rings. The maximum absolute atomic E-state index is 12.2. The Morgan fingerprint density at radius 1 is 1.00 bits per heavy atom. The highest BCUT2D eigenvalue weighted by Gasteiger charge is 2.09. The third-order valence-corrected chi connectivity index (χ3v) is 5.67. The molecule has 1 amide bonds. The number of amides is 1. The number of carbonyl (C=O) groups excluding carboxylic acids is 1. The number of nitrogens with zero attached hydrogens (tertiary/aromatic N) is 1. The monoisotopic (exact) mass is 424 g/mol.